The van der Waals surface area contributed by atoms with Crippen molar-refractivity contribution in [1.82, 2.24) is 0 Å². The highest BCUT2D eigenvalue weighted by atomic mass is 16.3. The summed E-state index contributed by atoms with van der Waals surface area (Å²) in [5, 5.41) is 10.1. The van der Waals surface area contributed by atoms with E-state index in [0.717, 1.165) is 5.56 Å². The zero-order chi connectivity index (χ0) is 14.8. The summed E-state index contributed by atoms with van der Waals surface area (Å²) in [7, 11) is 0. The van der Waals surface area contributed by atoms with Gasteiger partial charge < -0.3 is 9.52 Å². The second-order valence-electron chi connectivity index (χ2n) is 4.75. The molecule has 0 fully saturated rings. The van der Waals surface area contributed by atoms with Gasteiger partial charge in [0.2, 0.25) is 5.43 Å². The summed E-state index contributed by atoms with van der Waals surface area (Å²) in [6.45, 7) is 3.69. The summed E-state index contributed by atoms with van der Waals surface area (Å²) < 4.78 is 5.89. The first-order chi connectivity index (χ1) is 10.2. The molecule has 0 atom stereocenters. The molecule has 0 aliphatic rings. The fourth-order valence-corrected chi connectivity index (χ4v) is 2.41. The lowest BCUT2D eigenvalue weighted by Crippen LogP contribution is -2.10. The van der Waals surface area contributed by atoms with E-state index in [1.807, 2.05) is 30.3 Å². The highest BCUT2D eigenvalue weighted by Crippen LogP contribution is 2.29. The van der Waals surface area contributed by atoms with Gasteiger partial charge in [-0.1, -0.05) is 42.5 Å². The first kappa shape index (κ1) is 13.2. The maximum absolute atomic E-state index is 12.7. The lowest BCUT2D eigenvalue weighted by atomic mass is 10.0. The van der Waals surface area contributed by atoms with Crippen LogP contribution in [0.2, 0.25) is 0 Å². The van der Waals surface area contributed by atoms with Crippen LogP contribution in [-0.2, 0) is 6.42 Å². The minimum absolute atomic E-state index is 0.0637. The Morgan fingerprint density at radius 3 is 2.57 bits per heavy atom. The molecule has 3 rings (SSSR count). The molecule has 0 unspecified atom stereocenters. The largest absolute Gasteiger partial charge is 0.507 e. The molecule has 3 heteroatoms. The van der Waals surface area contributed by atoms with Crippen molar-refractivity contribution in [2.75, 3.05) is 0 Å². The van der Waals surface area contributed by atoms with Crippen LogP contribution in [0.3, 0.4) is 0 Å². The van der Waals surface area contributed by atoms with Crippen LogP contribution >= 0.6 is 0 Å². The van der Waals surface area contributed by atoms with Gasteiger partial charge in [-0.05, 0) is 18.6 Å². The Kier molecular flexibility index (Phi) is 3.32. The van der Waals surface area contributed by atoms with Crippen molar-refractivity contribution in [3.63, 3.8) is 0 Å². The number of phenolic OH excluding ortho intramolecular Hbond substituents is 1. The second kappa shape index (κ2) is 5.29. The number of hydrogen-bond donors (Lipinski definition) is 1. The van der Waals surface area contributed by atoms with Gasteiger partial charge in [0.15, 0.2) is 0 Å². The molecule has 1 heterocycles. The van der Waals surface area contributed by atoms with E-state index in [4.69, 9.17) is 4.42 Å². The predicted molar refractivity (Wildman–Crippen MR) is 83.5 cm³/mol. The predicted octanol–water partition coefficient (Wildman–Crippen LogP) is 3.89. The average Bonchev–Trinajstić information content (AvgIpc) is 2.51. The Bertz CT molecular complexity index is 861. The van der Waals surface area contributed by atoms with Crippen molar-refractivity contribution in [2.24, 2.45) is 0 Å². The third-order valence-corrected chi connectivity index (χ3v) is 3.38. The van der Waals surface area contributed by atoms with Crippen molar-refractivity contribution in [2.45, 2.75) is 6.42 Å². The summed E-state index contributed by atoms with van der Waals surface area (Å²) in [6.07, 6.45) is 2.04. The van der Waals surface area contributed by atoms with Crippen LogP contribution in [0, 0.1) is 0 Å². The average molecular weight is 278 g/mol. The summed E-state index contributed by atoms with van der Waals surface area (Å²) >= 11 is 0. The molecule has 104 valence electrons. The number of benzene rings is 2. The van der Waals surface area contributed by atoms with Crippen LogP contribution in [0.25, 0.3) is 22.3 Å². The Balaban J connectivity index is 2.42. The van der Waals surface area contributed by atoms with Gasteiger partial charge in [0.1, 0.15) is 22.5 Å². The van der Waals surface area contributed by atoms with Gasteiger partial charge in [0, 0.05) is 11.1 Å². The van der Waals surface area contributed by atoms with Gasteiger partial charge in [-0.25, -0.2) is 0 Å². The topological polar surface area (TPSA) is 50.4 Å². The van der Waals surface area contributed by atoms with Gasteiger partial charge in [-0.15, -0.1) is 6.58 Å². The first-order valence-electron chi connectivity index (χ1n) is 6.66. The lowest BCUT2D eigenvalue weighted by Gasteiger charge is -2.09. The summed E-state index contributed by atoms with van der Waals surface area (Å²) in [4.78, 5) is 12.7. The molecule has 1 N–H and O–H groups in total. The number of aromatic hydroxyl groups is 1. The Morgan fingerprint density at radius 2 is 1.86 bits per heavy atom. The minimum atomic E-state index is -0.215. The van der Waals surface area contributed by atoms with Gasteiger partial charge in [0.25, 0.3) is 0 Å². The third kappa shape index (κ3) is 2.23. The highest BCUT2D eigenvalue weighted by molar-refractivity contribution is 5.85. The standard InChI is InChI=1S/C18H14O3/c1-2-7-13-17(20)16-14(19)10-6-11-15(16)21-18(13)12-8-4-3-5-9-12/h2-6,8-11,19H,1,7H2. The maximum atomic E-state index is 12.7. The number of phenols is 1. The van der Waals surface area contributed by atoms with E-state index in [9.17, 15) is 9.90 Å². The van der Waals surface area contributed by atoms with Crippen molar-refractivity contribution < 1.29 is 9.52 Å². The molecule has 2 aromatic carbocycles. The monoisotopic (exact) mass is 278 g/mol. The van der Waals surface area contributed by atoms with Crippen molar-refractivity contribution in [1.29, 1.82) is 0 Å². The van der Waals surface area contributed by atoms with E-state index in [-0.39, 0.29) is 16.6 Å². The van der Waals surface area contributed by atoms with Crippen LogP contribution in [0.4, 0.5) is 0 Å². The van der Waals surface area contributed by atoms with E-state index in [1.165, 1.54) is 6.07 Å². The SMILES string of the molecule is C=CCc1c(-c2ccccc2)oc2cccc(O)c2c1=O. The van der Waals surface area contributed by atoms with Crippen LogP contribution in [-0.4, -0.2) is 5.11 Å². The normalized spacial score (nSPS) is 10.7. The lowest BCUT2D eigenvalue weighted by molar-refractivity contribution is 0.479. The Labute approximate surface area is 121 Å². The van der Waals surface area contributed by atoms with Gasteiger partial charge in [-0.3, -0.25) is 4.79 Å². The third-order valence-electron chi connectivity index (χ3n) is 3.38. The van der Waals surface area contributed by atoms with Crippen LogP contribution < -0.4 is 5.43 Å². The zero-order valence-corrected chi connectivity index (χ0v) is 11.4. The smallest absolute Gasteiger partial charge is 0.200 e. The molecular weight excluding hydrogens is 264 g/mol. The minimum Gasteiger partial charge on any atom is -0.507 e. The highest BCUT2D eigenvalue weighted by Gasteiger charge is 2.16. The van der Waals surface area contributed by atoms with Crippen molar-refractivity contribution in [3.8, 4) is 17.1 Å². The van der Waals surface area contributed by atoms with E-state index >= 15 is 0 Å². The Hall–Kier alpha value is -2.81. The van der Waals surface area contributed by atoms with Crippen LogP contribution in [0.15, 0.2) is 70.4 Å². The summed E-state index contributed by atoms with van der Waals surface area (Å²) in [5.74, 6) is 0.463. The van der Waals surface area contributed by atoms with Crippen LogP contribution in [0.5, 0.6) is 5.75 Å². The van der Waals surface area contributed by atoms with Crippen LogP contribution in [0.1, 0.15) is 5.56 Å². The van der Waals surface area contributed by atoms with Gasteiger partial charge in [0.05, 0.1) is 0 Å². The van der Waals surface area contributed by atoms with Crippen molar-refractivity contribution in [3.05, 3.63) is 77.0 Å². The molecule has 3 nitrogen and oxygen atoms in total. The molecule has 0 amide bonds. The zero-order valence-electron chi connectivity index (χ0n) is 11.4. The first-order valence-corrected chi connectivity index (χ1v) is 6.66. The molecule has 0 aliphatic carbocycles. The fourth-order valence-electron chi connectivity index (χ4n) is 2.41. The fraction of sp³-hybridized carbons (Fsp3) is 0.0556. The van der Waals surface area contributed by atoms with Gasteiger partial charge in [-0.2, -0.15) is 0 Å². The number of fused-ring (bicyclic) bond motifs is 1. The van der Waals surface area contributed by atoms with Gasteiger partial charge >= 0.3 is 0 Å². The Morgan fingerprint density at radius 1 is 1.10 bits per heavy atom. The maximum Gasteiger partial charge on any atom is 0.200 e. The van der Waals surface area contributed by atoms with E-state index in [2.05, 4.69) is 6.58 Å². The number of hydrogen-bond acceptors (Lipinski definition) is 3. The number of allylic oxidation sites excluding steroid dienone is 1. The molecule has 0 aliphatic heterocycles. The molecule has 1 aromatic heterocycles. The molecule has 0 radical (unpaired) electrons. The van der Waals surface area contributed by atoms with E-state index in [0.29, 0.717) is 23.3 Å². The van der Waals surface area contributed by atoms with Crippen molar-refractivity contribution >= 4 is 11.0 Å². The van der Waals surface area contributed by atoms with E-state index in [1.54, 1.807) is 18.2 Å². The number of rotatable bonds is 3. The molecule has 21 heavy (non-hydrogen) atoms. The molecule has 0 spiro atoms. The summed E-state index contributed by atoms with van der Waals surface area (Å²) in [6, 6.07) is 14.3. The molecule has 0 saturated heterocycles. The molecular formula is C18H14O3. The molecule has 0 bridgehead atoms. The summed E-state index contributed by atoms with van der Waals surface area (Å²) in [5.41, 5.74) is 1.50. The second-order valence-corrected chi connectivity index (χ2v) is 4.75. The molecule has 0 saturated carbocycles. The molecule has 3 aromatic rings. The van der Waals surface area contributed by atoms with E-state index < -0.39 is 0 Å². The quantitative estimate of drug-likeness (QED) is 0.739.